The monoisotopic (exact) mass is 280 g/mol. The van der Waals surface area contributed by atoms with Crippen molar-refractivity contribution >= 4 is 5.97 Å². The highest BCUT2D eigenvalue weighted by Gasteiger charge is 2.24. The number of hydrogen-bond acceptors (Lipinski definition) is 3. The lowest BCUT2D eigenvalue weighted by atomic mass is 9.91. The smallest absolute Gasteiger partial charge is 0.334 e. The summed E-state index contributed by atoms with van der Waals surface area (Å²) in [6.07, 6.45) is 8.03. The SMILES string of the molecule is CCC1=CC(CC(C)CC(C)CC)OC1=CC(=O)OC. The molecule has 0 amide bonds. The van der Waals surface area contributed by atoms with Gasteiger partial charge in [-0.25, -0.2) is 4.79 Å². The van der Waals surface area contributed by atoms with Crippen LogP contribution in [0.5, 0.6) is 0 Å². The van der Waals surface area contributed by atoms with Crippen molar-refractivity contribution in [3.05, 3.63) is 23.5 Å². The molecule has 1 heterocycles. The van der Waals surface area contributed by atoms with Gasteiger partial charge in [-0.1, -0.05) is 34.1 Å². The Kier molecular flexibility index (Phi) is 6.83. The molecule has 0 aromatic heterocycles. The van der Waals surface area contributed by atoms with E-state index in [4.69, 9.17) is 4.74 Å². The first-order valence-corrected chi connectivity index (χ1v) is 7.67. The molecule has 0 N–H and O–H groups in total. The summed E-state index contributed by atoms with van der Waals surface area (Å²) in [5.41, 5.74) is 1.11. The lowest BCUT2D eigenvalue weighted by Crippen LogP contribution is -2.12. The molecule has 0 aromatic rings. The third-order valence-electron chi connectivity index (χ3n) is 3.95. The van der Waals surface area contributed by atoms with Crippen LogP contribution in [0.4, 0.5) is 0 Å². The summed E-state index contributed by atoms with van der Waals surface area (Å²) in [5, 5.41) is 0. The Labute approximate surface area is 123 Å². The third-order valence-corrected chi connectivity index (χ3v) is 3.95. The van der Waals surface area contributed by atoms with E-state index in [0.717, 1.165) is 24.3 Å². The van der Waals surface area contributed by atoms with Crippen LogP contribution in [0.25, 0.3) is 0 Å². The number of allylic oxidation sites excluding steroid dienone is 1. The summed E-state index contributed by atoms with van der Waals surface area (Å²) in [5.74, 6) is 1.71. The van der Waals surface area contributed by atoms with Crippen LogP contribution in [-0.2, 0) is 14.3 Å². The zero-order valence-corrected chi connectivity index (χ0v) is 13.4. The number of hydrogen-bond donors (Lipinski definition) is 0. The average molecular weight is 280 g/mol. The second-order valence-electron chi connectivity index (χ2n) is 5.82. The maximum Gasteiger partial charge on any atom is 0.334 e. The molecular weight excluding hydrogens is 252 g/mol. The van der Waals surface area contributed by atoms with Crippen LogP contribution in [0.15, 0.2) is 23.5 Å². The summed E-state index contributed by atoms with van der Waals surface area (Å²) in [7, 11) is 1.38. The Bertz CT molecular complexity index is 382. The van der Waals surface area contributed by atoms with Crippen LogP contribution < -0.4 is 0 Å². The van der Waals surface area contributed by atoms with Gasteiger partial charge in [0.2, 0.25) is 0 Å². The van der Waals surface area contributed by atoms with Crippen LogP contribution in [-0.4, -0.2) is 19.2 Å². The summed E-state index contributed by atoms with van der Waals surface area (Å²) in [6, 6.07) is 0. The van der Waals surface area contributed by atoms with Crippen LogP contribution >= 0.6 is 0 Å². The quantitative estimate of drug-likeness (QED) is 0.517. The van der Waals surface area contributed by atoms with E-state index in [0.29, 0.717) is 11.7 Å². The highest BCUT2D eigenvalue weighted by Crippen LogP contribution is 2.31. The van der Waals surface area contributed by atoms with Crippen molar-refractivity contribution in [2.75, 3.05) is 7.11 Å². The molecule has 0 aliphatic carbocycles. The van der Waals surface area contributed by atoms with E-state index in [9.17, 15) is 4.79 Å². The molecule has 3 nitrogen and oxygen atoms in total. The van der Waals surface area contributed by atoms with Crippen molar-refractivity contribution in [1.29, 1.82) is 0 Å². The minimum Gasteiger partial charge on any atom is -0.486 e. The molecular formula is C17H28O3. The maximum absolute atomic E-state index is 11.3. The van der Waals surface area contributed by atoms with E-state index in [1.807, 2.05) is 0 Å². The van der Waals surface area contributed by atoms with Crippen molar-refractivity contribution in [2.24, 2.45) is 11.8 Å². The molecule has 3 atom stereocenters. The molecule has 1 aliphatic heterocycles. The highest BCUT2D eigenvalue weighted by atomic mass is 16.5. The Morgan fingerprint density at radius 1 is 1.40 bits per heavy atom. The Morgan fingerprint density at radius 3 is 2.65 bits per heavy atom. The highest BCUT2D eigenvalue weighted by molar-refractivity contribution is 5.83. The number of carbonyl (C=O) groups excluding carboxylic acids is 1. The predicted octanol–water partition coefficient (Wildman–Crippen LogP) is 4.24. The van der Waals surface area contributed by atoms with Crippen molar-refractivity contribution in [3.63, 3.8) is 0 Å². The molecule has 114 valence electrons. The minimum atomic E-state index is -0.354. The van der Waals surface area contributed by atoms with E-state index in [1.54, 1.807) is 0 Å². The van der Waals surface area contributed by atoms with Gasteiger partial charge >= 0.3 is 5.97 Å². The predicted molar refractivity (Wildman–Crippen MR) is 81.2 cm³/mol. The Balaban J connectivity index is 2.60. The van der Waals surface area contributed by atoms with Gasteiger partial charge in [-0.15, -0.1) is 0 Å². The summed E-state index contributed by atoms with van der Waals surface area (Å²) < 4.78 is 10.6. The summed E-state index contributed by atoms with van der Waals surface area (Å²) in [4.78, 5) is 11.3. The van der Waals surface area contributed by atoms with Gasteiger partial charge < -0.3 is 9.47 Å². The van der Waals surface area contributed by atoms with Gasteiger partial charge in [0.05, 0.1) is 13.2 Å². The van der Waals surface area contributed by atoms with Gasteiger partial charge in [-0.3, -0.25) is 0 Å². The maximum atomic E-state index is 11.3. The largest absolute Gasteiger partial charge is 0.486 e. The molecule has 0 radical (unpaired) electrons. The summed E-state index contributed by atoms with van der Waals surface area (Å²) in [6.45, 7) is 8.87. The fourth-order valence-electron chi connectivity index (χ4n) is 2.63. The van der Waals surface area contributed by atoms with Gasteiger partial charge in [0.1, 0.15) is 11.9 Å². The van der Waals surface area contributed by atoms with Crippen molar-refractivity contribution in [1.82, 2.24) is 0 Å². The van der Waals surface area contributed by atoms with Gasteiger partial charge in [-0.2, -0.15) is 0 Å². The molecule has 3 heteroatoms. The fourth-order valence-corrected chi connectivity index (χ4v) is 2.63. The van der Waals surface area contributed by atoms with Gasteiger partial charge in [0.25, 0.3) is 0 Å². The second-order valence-corrected chi connectivity index (χ2v) is 5.82. The van der Waals surface area contributed by atoms with Crippen LogP contribution in [0, 0.1) is 11.8 Å². The third kappa shape index (κ3) is 5.03. The van der Waals surface area contributed by atoms with E-state index in [1.165, 1.54) is 26.0 Å². The van der Waals surface area contributed by atoms with E-state index in [2.05, 4.69) is 38.5 Å². The molecule has 3 unspecified atom stereocenters. The first kappa shape index (κ1) is 16.8. The first-order chi connectivity index (χ1) is 9.49. The molecule has 0 fully saturated rings. The average Bonchev–Trinajstić information content (AvgIpc) is 2.79. The van der Waals surface area contributed by atoms with Gasteiger partial charge in [0.15, 0.2) is 0 Å². The summed E-state index contributed by atoms with van der Waals surface area (Å²) >= 11 is 0. The van der Waals surface area contributed by atoms with E-state index in [-0.39, 0.29) is 12.1 Å². The topological polar surface area (TPSA) is 35.5 Å². The van der Waals surface area contributed by atoms with E-state index < -0.39 is 0 Å². The lowest BCUT2D eigenvalue weighted by molar-refractivity contribution is -0.135. The van der Waals surface area contributed by atoms with E-state index >= 15 is 0 Å². The van der Waals surface area contributed by atoms with Gasteiger partial charge in [0, 0.05) is 0 Å². The second kappa shape index (κ2) is 8.13. The molecule has 1 aliphatic rings. The molecule has 0 saturated heterocycles. The standard InChI is InChI=1S/C17H28O3/c1-6-12(3)8-13(4)9-15-10-14(7-2)16(20-15)11-17(18)19-5/h10-13,15H,6-9H2,1-5H3. The molecule has 20 heavy (non-hydrogen) atoms. The van der Waals surface area contributed by atoms with Crippen LogP contribution in [0.3, 0.4) is 0 Å². The Morgan fingerprint density at radius 2 is 2.10 bits per heavy atom. The fraction of sp³-hybridized carbons (Fsp3) is 0.706. The number of ether oxygens (including phenoxy) is 2. The minimum absolute atomic E-state index is 0.0971. The lowest BCUT2D eigenvalue weighted by Gasteiger charge is -2.19. The molecule has 0 aromatic carbocycles. The molecule has 0 spiro atoms. The molecule has 1 rings (SSSR count). The molecule has 0 saturated carbocycles. The van der Waals surface area contributed by atoms with Crippen molar-refractivity contribution in [3.8, 4) is 0 Å². The zero-order valence-electron chi connectivity index (χ0n) is 13.4. The van der Waals surface area contributed by atoms with Crippen LogP contribution in [0.1, 0.15) is 53.4 Å². The Hall–Kier alpha value is -1.25. The van der Waals surface area contributed by atoms with Crippen molar-refractivity contribution < 1.29 is 14.3 Å². The number of rotatable bonds is 7. The van der Waals surface area contributed by atoms with Crippen LogP contribution in [0.2, 0.25) is 0 Å². The number of methoxy groups -OCH3 is 1. The normalized spacial score (nSPS) is 23.1. The van der Waals surface area contributed by atoms with Crippen molar-refractivity contribution in [2.45, 2.75) is 59.5 Å². The first-order valence-electron chi connectivity index (χ1n) is 7.67. The molecule has 0 bridgehead atoms. The number of carbonyl (C=O) groups is 1. The van der Waals surface area contributed by atoms with Gasteiger partial charge in [-0.05, 0) is 42.7 Å². The zero-order chi connectivity index (χ0) is 15.1. The number of esters is 1.